The predicted octanol–water partition coefficient (Wildman–Crippen LogP) is 3.18. The average Bonchev–Trinajstić information content (AvgIpc) is 2.93. The van der Waals surface area contributed by atoms with E-state index in [9.17, 15) is 14.4 Å². The molecule has 11 heteroatoms. The number of halogens is 1. The molecule has 3 N–H and O–H groups in total. The van der Waals surface area contributed by atoms with Crippen LogP contribution in [-0.4, -0.2) is 51.3 Å². The van der Waals surface area contributed by atoms with Crippen LogP contribution in [0.15, 0.2) is 71.8 Å². The van der Waals surface area contributed by atoms with E-state index >= 15 is 0 Å². The molecule has 0 aliphatic rings. The van der Waals surface area contributed by atoms with E-state index < -0.39 is 11.8 Å². The van der Waals surface area contributed by atoms with Crippen molar-refractivity contribution in [2.45, 2.75) is 6.42 Å². The smallest absolute Gasteiger partial charge is 0.329 e. The van der Waals surface area contributed by atoms with Crippen molar-refractivity contribution in [2.24, 2.45) is 5.10 Å². The van der Waals surface area contributed by atoms with Crippen LogP contribution in [0.3, 0.4) is 0 Å². The molecular formula is C27H27ClN4O6. The van der Waals surface area contributed by atoms with E-state index in [-0.39, 0.29) is 19.1 Å². The molecule has 0 atom stereocenters. The van der Waals surface area contributed by atoms with Crippen LogP contribution in [0.25, 0.3) is 0 Å². The van der Waals surface area contributed by atoms with Crippen LogP contribution >= 0.6 is 11.6 Å². The summed E-state index contributed by atoms with van der Waals surface area (Å²) in [5.74, 6) is -0.561. The fourth-order valence-electron chi connectivity index (χ4n) is 3.24. The number of benzene rings is 3. The van der Waals surface area contributed by atoms with E-state index in [0.29, 0.717) is 39.9 Å². The molecule has 3 rings (SSSR count). The maximum Gasteiger partial charge on any atom is 0.329 e. The highest BCUT2D eigenvalue weighted by molar-refractivity contribution is 6.35. The number of anilines is 1. The van der Waals surface area contributed by atoms with Gasteiger partial charge >= 0.3 is 11.8 Å². The molecule has 0 unspecified atom stereocenters. The summed E-state index contributed by atoms with van der Waals surface area (Å²) in [5, 5.41) is 9.62. The number of amides is 3. The molecule has 0 saturated carbocycles. The van der Waals surface area contributed by atoms with Crippen molar-refractivity contribution in [3.63, 3.8) is 0 Å². The Labute approximate surface area is 224 Å². The topological polar surface area (TPSA) is 127 Å². The van der Waals surface area contributed by atoms with E-state index in [0.717, 1.165) is 5.56 Å². The molecule has 38 heavy (non-hydrogen) atoms. The van der Waals surface area contributed by atoms with Crippen LogP contribution in [0.4, 0.5) is 5.69 Å². The number of rotatable bonds is 11. The number of hydrogen-bond acceptors (Lipinski definition) is 7. The van der Waals surface area contributed by atoms with Crippen molar-refractivity contribution >= 4 is 41.2 Å². The van der Waals surface area contributed by atoms with Crippen molar-refractivity contribution < 1.29 is 28.6 Å². The van der Waals surface area contributed by atoms with Crippen LogP contribution < -0.4 is 30.3 Å². The fraction of sp³-hybridized carbons (Fsp3) is 0.185. The number of methoxy groups -OCH3 is 2. The van der Waals surface area contributed by atoms with Crippen LogP contribution in [-0.2, 0) is 20.8 Å². The van der Waals surface area contributed by atoms with E-state index in [4.69, 9.17) is 25.8 Å². The van der Waals surface area contributed by atoms with Gasteiger partial charge in [0, 0.05) is 22.8 Å². The molecule has 0 fully saturated rings. The number of hydrazone groups is 1. The van der Waals surface area contributed by atoms with Crippen LogP contribution in [0.2, 0.25) is 5.02 Å². The zero-order valence-corrected chi connectivity index (χ0v) is 21.6. The molecule has 198 valence electrons. The summed E-state index contributed by atoms with van der Waals surface area (Å²) in [6.45, 7) is -0.0114. The minimum absolute atomic E-state index is 0.236. The first-order valence-corrected chi connectivity index (χ1v) is 11.9. The Balaban J connectivity index is 1.45. The van der Waals surface area contributed by atoms with Crippen molar-refractivity contribution in [3.8, 4) is 17.2 Å². The predicted molar refractivity (Wildman–Crippen MR) is 144 cm³/mol. The lowest BCUT2D eigenvalue weighted by Crippen LogP contribution is -2.38. The summed E-state index contributed by atoms with van der Waals surface area (Å²) in [7, 11) is 3.09. The van der Waals surface area contributed by atoms with Crippen LogP contribution in [0.5, 0.6) is 17.2 Å². The number of nitrogens with one attached hydrogen (secondary N) is 3. The van der Waals surface area contributed by atoms with Gasteiger partial charge in [0.25, 0.3) is 5.91 Å². The SMILES string of the molecule is COc1ccc(CCNC(=O)C(=O)N/N=C\c2ccccc2OCC(=O)Nc2ccc(Cl)cc2)cc1OC. The number of hydrogen-bond donors (Lipinski definition) is 3. The minimum Gasteiger partial charge on any atom is -0.493 e. The van der Waals surface area contributed by atoms with Gasteiger partial charge in [0.2, 0.25) is 0 Å². The summed E-state index contributed by atoms with van der Waals surface area (Å²) in [6, 6.07) is 18.9. The van der Waals surface area contributed by atoms with Gasteiger partial charge in [-0.15, -0.1) is 0 Å². The summed E-state index contributed by atoms with van der Waals surface area (Å²) in [6.07, 6.45) is 1.81. The Bertz CT molecular complexity index is 1300. The number of para-hydroxylation sites is 1. The molecule has 0 radical (unpaired) electrons. The van der Waals surface area contributed by atoms with E-state index in [1.165, 1.54) is 6.21 Å². The van der Waals surface area contributed by atoms with Gasteiger partial charge in [0.1, 0.15) is 5.75 Å². The second-order valence-corrected chi connectivity index (χ2v) is 8.21. The molecule has 0 saturated heterocycles. The Kier molecular flexibility index (Phi) is 10.5. The largest absolute Gasteiger partial charge is 0.493 e. The third-order valence-corrected chi connectivity index (χ3v) is 5.38. The second kappa shape index (κ2) is 14.2. The van der Waals surface area contributed by atoms with Gasteiger partial charge in [0.05, 0.1) is 20.4 Å². The second-order valence-electron chi connectivity index (χ2n) is 7.78. The first-order chi connectivity index (χ1) is 18.4. The van der Waals surface area contributed by atoms with Gasteiger partial charge in [-0.05, 0) is 60.5 Å². The third-order valence-electron chi connectivity index (χ3n) is 5.13. The minimum atomic E-state index is -0.922. The number of ether oxygens (including phenoxy) is 3. The van der Waals surface area contributed by atoms with Gasteiger partial charge in [-0.25, -0.2) is 5.43 Å². The van der Waals surface area contributed by atoms with Gasteiger partial charge in [-0.1, -0.05) is 29.8 Å². The summed E-state index contributed by atoms with van der Waals surface area (Å²) in [5.41, 5.74) is 4.17. The molecule has 0 aliphatic carbocycles. The third kappa shape index (κ3) is 8.52. The molecule has 3 amide bonds. The molecule has 0 heterocycles. The van der Waals surface area contributed by atoms with Gasteiger partial charge in [0.15, 0.2) is 18.1 Å². The highest BCUT2D eigenvalue weighted by Crippen LogP contribution is 2.27. The maximum absolute atomic E-state index is 12.2. The monoisotopic (exact) mass is 538 g/mol. The number of carbonyl (C=O) groups is 3. The quantitative estimate of drug-likeness (QED) is 0.195. The number of carbonyl (C=O) groups excluding carboxylic acids is 3. The highest BCUT2D eigenvalue weighted by Gasteiger charge is 2.13. The van der Waals surface area contributed by atoms with Crippen molar-refractivity contribution in [3.05, 3.63) is 82.9 Å². The van der Waals surface area contributed by atoms with Crippen molar-refractivity contribution in [2.75, 3.05) is 32.7 Å². The Hall–Kier alpha value is -4.57. The number of nitrogens with zero attached hydrogens (tertiary/aromatic N) is 1. The molecule has 10 nitrogen and oxygen atoms in total. The van der Waals surface area contributed by atoms with E-state index in [1.807, 2.05) is 6.07 Å². The van der Waals surface area contributed by atoms with Crippen LogP contribution in [0.1, 0.15) is 11.1 Å². The molecule has 3 aromatic carbocycles. The lowest BCUT2D eigenvalue weighted by molar-refractivity contribution is -0.139. The van der Waals surface area contributed by atoms with Gasteiger partial charge in [-0.3, -0.25) is 14.4 Å². The first kappa shape index (κ1) is 28.0. The standard InChI is InChI=1S/C27H27ClN4O6/c1-36-23-12-7-18(15-24(23)37-2)13-14-29-26(34)27(35)32-30-16-19-5-3-4-6-22(19)38-17-25(33)31-21-10-8-20(28)9-11-21/h3-12,15-16H,13-14,17H2,1-2H3,(H,29,34)(H,31,33)(H,32,35)/b30-16-. The normalized spacial score (nSPS) is 10.5. The Morgan fingerprint density at radius 1 is 0.895 bits per heavy atom. The first-order valence-electron chi connectivity index (χ1n) is 11.5. The molecule has 3 aromatic rings. The zero-order chi connectivity index (χ0) is 27.3. The molecule has 0 bridgehead atoms. The van der Waals surface area contributed by atoms with Crippen molar-refractivity contribution in [1.82, 2.24) is 10.7 Å². The summed E-state index contributed by atoms with van der Waals surface area (Å²) >= 11 is 5.84. The van der Waals surface area contributed by atoms with Gasteiger partial charge < -0.3 is 24.8 Å². The van der Waals surface area contributed by atoms with E-state index in [1.54, 1.807) is 74.9 Å². The highest BCUT2D eigenvalue weighted by atomic mass is 35.5. The zero-order valence-electron chi connectivity index (χ0n) is 20.8. The fourth-order valence-corrected chi connectivity index (χ4v) is 3.37. The van der Waals surface area contributed by atoms with Gasteiger partial charge in [-0.2, -0.15) is 5.10 Å². The Morgan fingerprint density at radius 2 is 1.63 bits per heavy atom. The summed E-state index contributed by atoms with van der Waals surface area (Å²) in [4.78, 5) is 36.4. The van der Waals surface area contributed by atoms with Crippen LogP contribution in [0, 0.1) is 0 Å². The van der Waals surface area contributed by atoms with E-state index in [2.05, 4.69) is 21.2 Å². The molecular weight excluding hydrogens is 512 g/mol. The molecule has 0 spiro atoms. The average molecular weight is 539 g/mol. The molecule has 0 aromatic heterocycles. The molecule has 0 aliphatic heterocycles. The summed E-state index contributed by atoms with van der Waals surface area (Å²) < 4.78 is 16.0. The van der Waals surface area contributed by atoms with Crippen molar-refractivity contribution in [1.29, 1.82) is 0 Å². The Morgan fingerprint density at radius 3 is 2.37 bits per heavy atom. The maximum atomic E-state index is 12.2. The lowest BCUT2D eigenvalue weighted by atomic mass is 10.1. The lowest BCUT2D eigenvalue weighted by Gasteiger charge is -2.10.